The summed E-state index contributed by atoms with van der Waals surface area (Å²) >= 11 is 6.21. The lowest BCUT2D eigenvalue weighted by Crippen LogP contribution is -2.46. The summed E-state index contributed by atoms with van der Waals surface area (Å²) < 4.78 is 3.85. The summed E-state index contributed by atoms with van der Waals surface area (Å²) in [5.74, 6) is 1.07. The number of hydrogen-bond acceptors (Lipinski definition) is 5. The third-order valence-electron chi connectivity index (χ3n) is 4.60. The molecule has 130 valence electrons. The van der Waals surface area contributed by atoms with Gasteiger partial charge in [0.15, 0.2) is 0 Å². The van der Waals surface area contributed by atoms with E-state index in [1.807, 2.05) is 31.6 Å². The number of nitrogens with zero attached hydrogens (tertiary/aromatic N) is 6. The van der Waals surface area contributed by atoms with E-state index in [0.717, 1.165) is 43.3 Å². The van der Waals surface area contributed by atoms with Gasteiger partial charge in [0, 0.05) is 50.6 Å². The first kappa shape index (κ1) is 16.3. The lowest BCUT2D eigenvalue weighted by molar-refractivity contribution is 0.144. The number of rotatable bonds is 4. The van der Waals surface area contributed by atoms with Crippen LogP contribution in [-0.2, 0) is 13.6 Å². The van der Waals surface area contributed by atoms with Crippen LogP contribution in [0.25, 0.3) is 5.69 Å². The summed E-state index contributed by atoms with van der Waals surface area (Å²) in [6.45, 7) is 3.60. The molecule has 25 heavy (non-hydrogen) atoms. The van der Waals surface area contributed by atoms with Gasteiger partial charge in [0.05, 0.1) is 11.7 Å². The molecular formula is C17H20ClN7. The molecule has 0 spiro atoms. The molecule has 7 nitrogen and oxygen atoms in total. The number of aromatic nitrogens is 5. The quantitative estimate of drug-likeness (QED) is 0.771. The van der Waals surface area contributed by atoms with Gasteiger partial charge in [-0.05, 0) is 17.7 Å². The van der Waals surface area contributed by atoms with Crippen molar-refractivity contribution < 1.29 is 0 Å². The van der Waals surface area contributed by atoms with Crippen molar-refractivity contribution in [2.45, 2.75) is 12.6 Å². The first-order chi connectivity index (χ1) is 12.2. The molecule has 1 aliphatic rings. The van der Waals surface area contributed by atoms with E-state index in [1.165, 1.54) is 6.33 Å². The first-order valence-corrected chi connectivity index (χ1v) is 8.65. The van der Waals surface area contributed by atoms with E-state index in [9.17, 15) is 0 Å². The number of hydrogen-bond donors (Lipinski definition) is 1. The molecule has 0 amide bonds. The zero-order valence-electron chi connectivity index (χ0n) is 14.0. The molecule has 1 aliphatic heterocycles. The Morgan fingerprint density at radius 2 is 2.28 bits per heavy atom. The Morgan fingerprint density at radius 3 is 3.04 bits per heavy atom. The molecule has 1 aromatic carbocycles. The van der Waals surface area contributed by atoms with Crippen LogP contribution < -0.4 is 5.32 Å². The predicted molar refractivity (Wildman–Crippen MR) is 95.6 cm³/mol. The zero-order valence-corrected chi connectivity index (χ0v) is 14.8. The minimum atomic E-state index is 0.230. The van der Waals surface area contributed by atoms with Crippen LogP contribution in [0.5, 0.6) is 0 Å². The second kappa shape index (κ2) is 6.95. The Morgan fingerprint density at radius 1 is 1.36 bits per heavy atom. The third-order valence-corrected chi connectivity index (χ3v) is 4.83. The van der Waals surface area contributed by atoms with E-state index in [0.29, 0.717) is 5.02 Å². The Bertz CT molecular complexity index is 843. The largest absolute Gasteiger partial charge is 0.337 e. The van der Waals surface area contributed by atoms with E-state index in [2.05, 4.69) is 35.9 Å². The summed E-state index contributed by atoms with van der Waals surface area (Å²) in [6, 6.07) is 6.16. The van der Waals surface area contributed by atoms with Crippen LogP contribution in [0.4, 0.5) is 0 Å². The van der Waals surface area contributed by atoms with Gasteiger partial charge in [-0.1, -0.05) is 17.7 Å². The second-order valence-corrected chi connectivity index (χ2v) is 6.64. The second-order valence-electron chi connectivity index (χ2n) is 6.20. The maximum atomic E-state index is 6.21. The third kappa shape index (κ3) is 3.30. The van der Waals surface area contributed by atoms with E-state index in [-0.39, 0.29) is 6.04 Å². The van der Waals surface area contributed by atoms with Gasteiger partial charge in [-0.15, -0.1) is 0 Å². The minimum absolute atomic E-state index is 0.230. The highest BCUT2D eigenvalue weighted by Crippen LogP contribution is 2.26. The fourth-order valence-corrected chi connectivity index (χ4v) is 3.49. The van der Waals surface area contributed by atoms with Crippen LogP contribution in [0.15, 0.2) is 43.2 Å². The van der Waals surface area contributed by atoms with Gasteiger partial charge in [0.1, 0.15) is 18.5 Å². The minimum Gasteiger partial charge on any atom is -0.337 e. The van der Waals surface area contributed by atoms with E-state index < -0.39 is 0 Å². The maximum Gasteiger partial charge on any atom is 0.138 e. The topological polar surface area (TPSA) is 63.8 Å². The van der Waals surface area contributed by atoms with Crippen molar-refractivity contribution in [3.05, 3.63) is 59.7 Å². The molecule has 3 aromatic rings. The van der Waals surface area contributed by atoms with Crippen molar-refractivity contribution >= 4 is 11.6 Å². The average Bonchev–Trinajstić information content (AvgIpc) is 3.29. The van der Waals surface area contributed by atoms with Crippen LogP contribution in [0, 0.1) is 0 Å². The number of nitrogens with one attached hydrogen (secondary N) is 1. The number of piperazine rings is 1. The SMILES string of the molecule is Cn1ccnc1C1CNCCN1Cc1ccc(Cl)cc1-n1cncn1. The van der Waals surface area contributed by atoms with Crippen LogP contribution in [0.2, 0.25) is 5.02 Å². The number of halogens is 1. The number of aryl methyl sites for hydroxylation is 1. The molecule has 1 unspecified atom stereocenters. The summed E-state index contributed by atoms with van der Waals surface area (Å²) in [7, 11) is 2.04. The highest BCUT2D eigenvalue weighted by atomic mass is 35.5. The number of benzene rings is 1. The molecule has 0 aliphatic carbocycles. The Hall–Kier alpha value is -2.22. The zero-order chi connectivity index (χ0) is 17.2. The molecule has 2 aromatic heterocycles. The van der Waals surface area contributed by atoms with Gasteiger partial charge in [-0.25, -0.2) is 14.6 Å². The molecule has 0 saturated carbocycles. The van der Waals surface area contributed by atoms with Crippen LogP contribution in [0.3, 0.4) is 0 Å². The van der Waals surface area contributed by atoms with Gasteiger partial charge in [-0.2, -0.15) is 5.10 Å². The van der Waals surface area contributed by atoms with Gasteiger partial charge < -0.3 is 9.88 Å². The van der Waals surface area contributed by atoms with Gasteiger partial charge in [0.2, 0.25) is 0 Å². The predicted octanol–water partition coefficient (Wildman–Crippen LogP) is 1.80. The molecule has 1 N–H and O–H groups in total. The van der Waals surface area contributed by atoms with Crippen molar-refractivity contribution in [2.24, 2.45) is 7.05 Å². The average molecular weight is 358 g/mol. The molecule has 0 radical (unpaired) electrons. The fraction of sp³-hybridized carbons (Fsp3) is 0.353. The van der Waals surface area contributed by atoms with Crippen molar-refractivity contribution in [1.29, 1.82) is 0 Å². The lowest BCUT2D eigenvalue weighted by Gasteiger charge is -2.36. The summed E-state index contributed by atoms with van der Waals surface area (Å²) in [5, 5.41) is 8.43. The number of imidazole rings is 1. The smallest absolute Gasteiger partial charge is 0.138 e. The fourth-order valence-electron chi connectivity index (χ4n) is 3.32. The maximum absolute atomic E-state index is 6.21. The monoisotopic (exact) mass is 357 g/mol. The van der Waals surface area contributed by atoms with Gasteiger partial charge in [0.25, 0.3) is 0 Å². The van der Waals surface area contributed by atoms with E-state index in [4.69, 9.17) is 11.6 Å². The molecule has 1 atom stereocenters. The molecule has 4 rings (SSSR count). The molecule has 1 saturated heterocycles. The lowest BCUT2D eigenvalue weighted by atomic mass is 10.1. The Kier molecular flexibility index (Phi) is 4.52. The van der Waals surface area contributed by atoms with Gasteiger partial charge >= 0.3 is 0 Å². The van der Waals surface area contributed by atoms with Crippen LogP contribution in [-0.4, -0.2) is 48.8 Å². The Balaban J connectivity index is 1.66. The molecule has 0 bridgehead atoms. The van der Waals surface area contributed by atoms with E-state index in [1.54, 1.807) is 11.0 Å². The molecule has 1 fully saturated rings. The van der Waals surface area contributed by atoms with Crippen LogP contribution in [0.1, 0.15) is 17.4 Å². The summed E-state index contributed by atoms with van der Waals surface area (Å²) in [6.07, 6.45) is 7.08. The normalized spacial score (nSPS) is 18.6. The summed E-state index contributed by atoms with van der Waals surface area (Å²) in [4.78, 5) is 11.1. The highest BCUT2D eigenvalue weighted by Gasteiger charge is 2.27. The van der Waals surface area contributed by atoms with Crippen molar-refractivity contribution in [3.8, 4) is 5.69 Å². The molecule has 3 heterocycles. The summed E-state index contributed by atoms with van der Waals surface area (Å²) in [5.41, 5.74) is 2.12. The first-order valence-electron chi connectivity index (χ1n) is 8.28. The van der Waals surface area contributed by atoms with Gasteiger partial charge in [-0.3, -0.25) is 4.90 Å². The standard InChI is InChI=1S/C17H20ClN7/c1-23-6-5-21-17(23)16-9-19-4-7-24(16)10-13-2-3-14(18)8-15(13)25-12-20-11-22-25/h2-3,5-6,8,11-12,16,19H,4,7,9-10H2,1H3. The van der Waals surface area contributed by atoms with Crippen molar-refractivity contribution in [1.82, 2.24) is 34.5 Å². The van der Waals surface area contributed by atoms with E-state index >= 15 is 0 Å². The van der Waals surface area contributed by atoms with Crippen LogP contribution >= 0.6 is 11.6 Å². The molecule has 8 heteroatoms. The van der Waals surface area contributed by atoms with Crippen molar-refractivity contribution in [2.75, 3.05) is 19.6 Å². The van der Waals surface area contributed by atoms with Crippen molar-refractivity contribution in [3.63, 3.8) is 0 Å². The Labute approximate surface area is 151 Å². The highest BCUT2D eigenvalue weighted by molar-refractivity contribution is 6.30. The molecular weight excluding hydrogens is 338 g/mol.